The van der Waals surface area contributed by atoms with Crippen molar-refractivity contribution < 1.29 is 23.5 Å². The normalized spacial score (nSPS) is 9.89. The van der Waals surface area contributed by atoms with Crippen molar-refractivity contribution in [2.24, 2.45) is 0 Å². The predicted octanol–water partition coefficient (Wildman–Crippen LogP) is 3.03. The monoisotopic (exact) mass is 252 g/mol. The summed E-state index contributed by atoms with van der Waals surface area (Å²) in [4.78, 5) is 20.6. The van der Waals surface area contributed by atoms with Crippen LogP contribution in [0.15, 0.2) is 48.5 Å². The smallest absolute Gasteiger partial charge is 0.207 e. The third-order valence-corrected chi connectivity index (χ3v) is 1.99. The molecule has 0 radical (unpaired) electrons. The van der Waals surface area contributed by atoms with Crippen LogP contribution in [0.2, 0.25) is 0 Å². The summed E-state index contributed by atoms with van der Waals surface area (Å²) >= 11 is 0. The largest absolute Gasteiger partial charge is 0.489 e. The van der Waals surface area contributed by atoms with E-state index in [1.807, 2.05) is 0 Å². The quantitative estimate of drug-likeness (QED) is 0.785. The second-order valence-corrected chi connectivity index (χ2v) is 3.31. The van der Waals surface area contributed by atoms with Gasteiger partial charge in [0.05, 0.1) is 0 Å². The third-order valence-electron chi connectivity index (χ3n) is 1.99. The molecule has 18 heavy (non-hydrogen) atoms. The SMILES string of the molecule is O=[N+](Oc1ccc(F)cc1)Oc1ccc(F)cc1. The number of hydrogen-bond acceptors (Lipinski definition) is 3. The zero-order chi connectivity index (χ0) is 13.0. The Morgan fingerprint density at radius 2 is 1.06 bits per heavy atom. The van der Waals surface area contributed by atoms with E-state index >= 15 is 0 Å². The maximum absolute atomic E-state index is 12.6. The van der Waals surface area contributed by atoms with Crippen molar-refractivity contribution in [2.75, 3.05) is 0 Å². The van der Waals surface area contributed by atoms with E-state index in [4.69, 9.17) is 9.68 Å². The minimum atomic E-state index is -0.445. The molecule has 2 aromatic rings. The summed E-state index contributed by atoms with van der Waals surface area (Å²) in [7, 11) is 0. The van der Waals surface area contributed by atoms with E-state index in [1.54, 1.807) is 0 Å². The maximum atomic E-state index is 12.6. The lowest BCUT2D eigenvalue weighted by Crippen LogP contribution is -2.17. The van der Waals surface area contributed by atoms with E-state index in [0.29, 0.717) is 0 Å². The van der Waals surface area contributed by atoms with Crippen LogP contribution >= 0.6 is 0 Å². The first-order chi connectivity index (χ1) is 8.63. The Morgan fingerprint density at radius 3 is 1.39 bits per heavy atom. The summed E-state index contributed by atoms with van der Waals surface area (Å²) in [6.45, 7) is 0. The highest BCUT2D eigenvalue weighted by Crippen LogP contribution is 2.14. The second kappa shape index (κ2) is 5.22. The molecule has 2 rings (SSSR count). The number of hydrogen-bond donors (Lipinski definition) is 0. The van der Waals surface area contributed by atoms with Crippen molar-refractivity contribution in [3.05, 3.63) is 65.1 Å². The van der Waals surface area contributed by atoms with E-state index < -0.39 is 11.6 Å². The topological polar surface area (TPSA) is 38.5 Å². The van der Waals surface area contributed by atoms with Gasteiger partial charge >= 0.3 is 5.09 Å². The first-order valence-electron chi connectivity index (χ1n) is 4.98. The zero-order valence-electron chi connectivity index (χ0n) is 9.05. The molecule has 0 N–H and O–H groups in total. The highest BCUT2D eigenvalue weighted by Gasteiger charge is 2.16. The molecule has 0 amide bonds. The summed E-state index contributed by atoms with van der Waals surface area (Å²) in [5.74, 6) is -0.652. The van der Waals surface area contributed by atoms with Gasteiger partial charge in [-0.2, -0.15) is 0 Å². The number of rotatable bonds is 4. The average molecular weight is 252 g/mol. The molecule has 0 aromatic heterocycles. The molecule has 2 aromatic carbocycles. The fraction of sp³-hybridized carbons (Fsp3) is 0. The van der Waals surface area contributed by atoms with E-state index in [9.17, 15) is 13.7 Å². The Bertz CT molecular complexity index is 491. The zero-order valence-corrected chi connectivity index (χ0v) is 9.05. The molecule has 0 unspecified atom stereocenters. The lowest BCUT2D eigenvalue weighted by Gasteiger charge is -1.94. The molecule has 6 heteroatoms. The molecule has 92 valence electrons. The van der Waals surface area contributed by atoms with Crippen molar-refractivity contribution >= 4 is 0 Å². The summed E-state index contributed by atoms with van der Waals surface area (Å²) in [5.41, 5.74) is 0. The van der Waals surface area contributed by atoms with E-state index in [2.05, 4.69) is 0 Å². The average Bonchev–Trinajstić information content (AvgIpc) is 2.35. The number of benzene rings is 2. The lowest BCUT2D eigenvalue weighted by molar-refractivity contribution is -0.920. The molecular formula is C12H8F2NO3+. The molecule has 0 saturated carbocycles. The van der Waals surface area contributed by atoms with Gasteiger partial charge in [0.25, 0.3) is 0 Å². The fourth-order valence-electron chi connectivity index (χ4n) is 1.18. The van der Waals surface area contributed by atoms with Crippen LogP contribution < -0.4 is 9.68 Å². The van der Waals surface area contributed by atoms with Crippen LogP contribution in [0, 0.1) is 16.5 Å². The van der Waals surface area contributed by atoms with Crippen LogP contribution in [-0.2, 0) is 0 Å². The van der Waals surface area contributed by atoms with Gasteiger partial charge in [0.15, 0.2) is 0 Å². The van der Waals surface area contributed by atoms with E-state index in [-0.39, 0.29) is 16.6 Å². The van der Waals surface area contributed by atoms with Crippen LogP contribution in [0.4, 0.5) is 8.78 Å². The molecule has 0 aliphatic rings. The second-order valence-electron chi connectivity index (χ2n) is 3.31. The van der Waals surface area contributed by atoms with Gasteiger partial charge in [0, 0.05) is 0 Å². The minimum Gasteiger partial charge on any atom is -0.207 e. The standard InChI is InChI=1S/C12H8F2NO3/c13-9-1-5-11(6-2-9)17-15(16)18-12-7-3-10(14)4-8-12/h1-8H/q+1. The van der Waals surface area contributed by atoms with Gasteiger partial charge in [0.1, 0.15) is 16.5 Å². The van der Waals surface area contributed by atoms with Crippen molar-refractivity contribution in [1.82, 2.24) is 0 Å². The predicted molar refractivity (Wildman–Crippen MR) is 57.7 cm³/mol. The van der Waals surface area contributed by atoms with Gasteiger partial charge in [-0.3, -0.25) is 0 Å². The molecule has 0 bridgehead atoms. The fourth-order valence-corrected chi connectivity index (χ4v) is 1.18. The minimum absolute atomic E-state index is 0.119. The molecule has 0 atom stereocenters. The maximum Gasteiger partial charge on any atom is 0.489 e. The molecule has 0 aliphatic carbocycles. The Hall–Kier alpha value is -2.50. The molecule has 4 nitrogen and oxygen atoms in total. The van der Waals surface area contributed by atoms with Gasteiger partial charge in [-0.1, -0.05) is 0 Å². The Labute approximate surface area is 101 Å². The summed E-state index contributed by atoms with van der Waals surface area (Å²) in [5, 5.41) is -0.152. The van der Waals surface area contributed by atoms with Crippen molar-refractivity contribution in [1.29, 1.82) is 0 Å². The Kier molecular flexibility index (Phi) is 3.47. The summed E-state index contributed by atoms with van der Waals surface area (Å²) < 4.78 is 25.2. The lowest BCUT2D eigenvalue weighted by atomic mass is 10.3. The van der Waals surface area contributed by atoms with Gasteiger partial charge in [-0.05, 0) is 48.5 Å². The molecule has 0 spiro atoms. The Morgan fingerprint density at radius 1 is 0.722 bits per heavy atom. The Balaban J connectivity index is 1.96. The van der Waals surface area contributed by atoms with Crippen LogP contribution in [-0.4, -0.2) is 5.09 Å². The number of halogens is 2. The van der Waals surface area contributed by atoms with Crippen molar-refractivity contribution in [3.8, 4) is 11.5 Å². The highest BCUT2D eigenvalue weighted by molar-refractivity contribution is 5.22. The van der Waals surface area contributed by atoms with Gasteiger partial charge < -0.3 is 0 Å². The third kappa shape index (κ3) is 3.24. The van der Waals surface area contributed by atoms with Crippen LogP contribution in [0.3, 0.4) is 0 Å². The first kappa shape index (κ1) is 12.0. The van der Waals surface area contributed by atoms with E-state index in [1.165, 1.54) is 24.3 Å². The first-order valence-corrected chi connectivity index (χ1v) is 4.98. The van der Waals surface area contributed by atoms with E-state index in [0.717, 1.165) is 24.3 Å². The van der Waals surface area contributed by atoms with Crippen molar-refractivity contribution in [3.63, 3.8) is 0 Å². The van der Waals surface area contributed by atoms with Gasteiger partial charge in [-0.15, -0.1) is 9.68 Å². The highest BCUT2D eigenvalue weighted by atomic mass is 19.1. The number of nitrogens with zero attached hydrogens (tertiary/aromatic N) is 1. The summed E-state index contributed by atoms with van der Waals surface area (Å²) in [6.07, 6.45) is 0. The molecule has 0 heterocycles. The van der Waals surface area contributed by atoms with Gasteiger partial charge in [-0.25, -0.2) is 8.78 Å². The molecule has 0 fully saturated rings. The van der Waals surface area contributed by atoms with Crippen molar-refractivity contribution in [2.45, 2.75) is 0 Å². The molecule has 0 aliphatic heterocycles. The summed E-state index contributed by atoms with van der Waals surface area (Å²) in [6, 6.07) is 9.65. The molecular weight excluding hydrogens is 244 g/mol. The van der Waals surface area contributed by atoms with Crippen LogP contribution in [0.25, 0.3) is 0 Å². The van der Waals surface area contributed by atoms with Crippen LogP contribution in [0.5, 0.6) is 11.5 Å². The van der Waals surface area contributed by atoms with Crippen LogP contribution in [0.1, 0.15) is 0 Å². The van der Waals surface area contributed by atoms with Gasteiger partial charge in [0.2, 0.25) is 11.5 Å². The molecule has 0 saturated heterocycles.